The first-order chi connectivity index (χ1) is 16.8. The predicted octanol–water partition coefficient (Wildman–Crippen LogP) is 3.97. The summed E-state index contributed by atoms with van der Waals surface area (Å²) in [7, 11) is 0. The highest BCUT2D eigenvalue weighted by Gasteiger charge is 2.48. The monoisotopic (exact) mass is 483 g/mol. The van der Waals surface area contributed by atoms with Gasteiger partial charge in [0.05, 0.1) is 26.0 Å². The van der Waals surface area contributed by atoms with E-state index in [9.17, 15) is 13.6 Å². The molecule has 5 rings (SSSR count). The molecule has 3 heterocycles. The maximum absolute atomic E-state index is 13.2. The Balaban J connectivity index is 1.32. The SMILES string of the molecule is Cc1ccc(-c2noc(C3CC(F)(F)C3)n2)cc1NC(=O)c1cnc2cc(COCCO)ccn12. The maximum Gasteiger partial charge on any atom is 0.274 e. The smallest absolute Gasteiger partial charge is 0.274 e. The molecule has 0 aliphatic heterocycles. The van der Waals surface area contributed by atoms with E-state index in [0.717, 1.165) is 11.1 Å². The van der Waals surface area contributed by atoms with Gasteiger partial charge in [0.2, 0.25) is 17.6 Å². The lowest BCUT2D eigenvalue weighted by molar-refractivity contribution is -0.0925. The van der Waals surface area contributed by atoms with Gasteiger partial charge in [0, 0.05) is 36.2 Å². The first kappa shape index (κ1) is 23.1. The Morgan fingerprint density at radius 1 is 1.31 bits per heavy atom. The van der Waals surface area contributed by atoms with E-state index in [1.807, 2.05) is 25.1 Å². The third-order valence-electron chi connectivity index (χ3n) is 5.94. The number of aliphatic hydroxyl groups excluding tert-OH is 1. The van der Waals surface area contributed by atoms with Crippen molar-refractivity contribution in [3.63, 3.8) is 0 Å². The minimum absolute atomic E-state index is 0.0517. The van der Waals surface area contributed by atoms with E-state index in [4.69, 9.17) is 14.4 Å². The van der Waals surface area contributed by atoms with Crippen LogP contribution < -0.4 is 5.32 Å². The van der Waals surface area contributed by atoms with E-state index in [1.165, 1.54) is 6.20 Å². The summed E-state index contributed by atoms with van der Waals surface area (Å²) in [4.78, 5) is 21.6. The highest BCUT2D eigenvalue weighted by Crippen LogP contribution is 2.47. The fraction of sp³-hybridized carbons (Fsp3) is 0.333. The van der Waals surface area contributed by atoms with Crippen LogP contribution in [0.3, 0.4) is 0 Å². The molecule has 35 heavy (non-hydrogen) atoms. The zero-order chi connectivity index (χ0) is 24.6. The molecular formula is C24H23F2N5O4. The van der Waals surface area contributed by atoms with Crippen molar-refractivity contribution >= 4 is 17.2 Å². The molecule has 1 aliphatic rings. The van der Waals surface area contributed by atoms with E-state index >= 15 is 0 Å². The van der Waals surface area contributed by atoms with Crippen LogP contribution in [0.4, 0.5) is 14.5 Å². The number of imidazole rings is 1. The summed E-state index contributed by atoms with van der Waals surface area (Å²) >= 11 is 0. The number of ether oxygens (including phenoxy) is 1. The molecule has 0 bridgehead atoms. The minimum atomic E-state index is -2.67. The molecule has 9 nitrogen and oxygen atoms in total. The molecule has 1 aliphatic carbocycles. The van der Waals surface area contributed by atoms with Crippen LogP contribution in [0.5, 0.6) is 0 Å². The lowest BCUT2D eigenvalue weighted by Crippen LogP contribution is -2.33. The van der Waals surface area contributed by atoms with Gasteiger partial charge in [0.15, 0.2) is 0 Å². The van der Waals surface area contributed by atoms with Gasteiger partial charge >= 0.3 is 0 Å². The summed E-state index contributed by atoms with van der Waals surface area (Å²) < 4.78 is 38.5. The Labute approximate surface area is 198 Å². The number of aryl methyl sites for hydroxylation is 1. The zero-order valence-corrected chi connectivity index (χ0v) is 18.9. The molecule has 4 aromatic rings. The number of aliphatic hydroxyl groups is 1. The Morgan fingerprint density at radius 2 is 2.14 bits per heavy atom. The van der Waals surface area contributed by atoms with Gasteiger partial charge < -0.3 is 19.7 Å². The second-order valence-electron chi connectivity index (χ2n) is 8.58. The van der Waals surface area contributed by atoms with Crippen LogP contribution in [-0.2, 0) is 11.3 Å². The highest BCUT2D eigenvalue weighted by atomic mass is 19.3. The van der Waals surface area contributed by atoms with Crippen molar-refractivity contribution in [3.8, 4) is 11.4 Å². The van der Waals surface area contributed by atoms with Crippen molar-refractivity contribution in [1.29, 1.82) is 0 Å². The minimum Gasteiger partial charge on any atom is -0.394 e. The van der Waals surface area contributed by atoms with E-state index < -0.39 is 11.8 Å². The quantitative estimate of drug-likeness (QED) is 0.365. The number of anilines is 1. The number of alkyl halides is 2. The number of hydrogen-bond acceptors (Lipinski definition) is 7. The van der Waals surface area contributed by atoms with E-state index in [2.05, 4.69) is 20.4 Å². The molecule has 11 heteroatoms. The van der Waals surface area contributed by atoms with Gasteiger partial charge in [-0.15, -0.1) is 0 Å². The van der Waals surface area contributed by atoms with Crippen LogP contribution in [0.1, 0.15) is 46.3 Å². The second kappa shape index (κ2) is 9.16. The number of fused-ring (bicyclic) bond motifs is 1. The number of benzene rings is 1. The number of amides is 1. The summed E-state index contributed by atoms with van der Waals surface area (Å²) in [6, 6.07) is 8.94. The average Bonchev–Trinajstić information content (AvgIpc) is 3.46. The zero-order valence-electron chi connectivity index (χ0n) is 18.9. The van der Waals surface area contributed by atoms with Crippen molar-refractivity contribution in [2.45, 2.75) is 38.2 Å². The van der Waals surface area contributed by atoms with E-state index in [0.29, 0.717) is 29.2 Å². The third kappa shape index (κ3) is 4.77. The Bertz CT molecular complexity index is 1380. The predicted molar refractivity (Wildman–Crippen MR) is 121 cm³/mol. The average molecular weight is 483 g/mol. The molecule has 3 aromatic heterocycles. The summed E-state index contributed by atoms with van der Waals surface area (Å²) in [5.41, 5.74) is 3.78. The number of nitrogens with zero attached hydrogens (tertiary/aromatic N) is 4. The molecular weight excluding hydrogens is 460 g/mol. The van der Waals surface area contributed by atoms with Gasteiger partial charge in [-0.05, 0) is 36.2 Å². The topological polar surface area (TPSA) is 115 Å². The van der Waals surface area contributed by atoms with Crippen molar-refractivity contribution in [1.82, 2.24) is 19.5 Å². The highest BCUT2D eigenvalue weighted by molar-refractivity contribution is 6.04. The second-order valence-corrected chi connectivity index (χ2v) is 8.58. The van der Waals surface area contributed by atoms with E-state index in [-0.39, 0.29) is 43.7 Å². The first-order valence-corrected chi connectivity index (χ1v) is 11.1. The number of halogens is 2. The Kier molecular flexibility index (Phi) is 6.03. The molecule has 1 fully saturated rings. The number of hydrogen-bond donors (Lipinski definition) is 2. The van der Waals surface area contributed by atoms with Crippen LogP contribution in [0.15, 0.2) is 47.2 Å². The van der Waals surface area contributed by atoms with Gasteiger partial charge in [-0.2, -0.15) is 4.98 Å². The molecule has 1 amide bonds. The molecule has 1 aromatic carbocycles. The Morgan fingerprint density at radius 3 is 2.91 bits per heavy atom. The van der Waals surface area contributed by atoms with Crippen molar-refractivity contribution in [3.05, 3.63) is 65.4 Å². The number of carbonyl (C=O) groups excluding carboxylic acids is 1. The number of pyridine rings is 1. The maximum atomic E-state index is 13.2. The molecule has 0 spiro atoms. The summed E-state index contributed by atoms with van der Waals surface area (Å²) in [5.74, 6) is -2.99. The lowest BCUT2D eigenvalue weighted by Gasteiger charge is -2.31. The van der Waals surface area contributed by atoms with Crippen molar-refractivity contribution < 1.29 is 27.9 Å². The summed E-state index contributed by atoms with van der Waals surface area (Å²) in [6.07, 6.45) is 2.64. The number of rotatable bonds is 8. The van der Waals surface area contributed by atoms with Gasteiger partial charge in [-0.25, -0.2) is 13.8 Å². The van der Waals surface area contributed by atoms with Gasteiger partial charge in [-0.1, -0.05) is 17.3 Å². The third-order valence-corrected chi connectivity index (χ3v) is 5.94. The molecule has 0 radical (unpaired) electrons. The standard InChI is InChI=1S/C24H23F2N5O4/c1-14-2-3-16(21-29-23(35-30-21)17-10-24(25,26)11-17)9-18(14)28-22(33)19-12-27-20-8-15(4-5-31(19)20)13-34-7-6-32/h2-5,8-9,12,17,32H,6-7,10-11,13H2,1H3,(H,28,33). The fourth-order valence-electron chi connectivity index (χ4n) is 3.97. The summed E-state index contributed by atoms with van der Waals surface area (Å²) in [5, 5.41) is 15.7. The number of carbonyl (C=O) groups is 1. The fourth-order valence-corrected chi connectivity index (χ4v) is 3.97. The van der Waals surface area contributed by atoms with Crippen molar-refractivity contribution in [2.24, 2.45) is 0 Å². The largest absolute Gasteiger partial charge is 0.394 e. The molecule has 0 atom stereocenters. The molecule has 182 valence electrons. The number of aromatic nitrogens is 4. The first-order valence-electron chi connectivity index (χ1n) is 11.1. The Hall–Kier alpha value is -3.70. The van der Waals surface area contributed by atoms with Gasteiger partial charge in [0.1, 0.15) is 11.3 Å². The van der Waals surface area contributed by atoms with Crippen LogP contribution >= 0.6 is 0 Å². The molecule has 0 unspecified atom stereocenters. The normalized spacial score (nSPS) is 15.3. The molecule has 2 N–H and O–H groups in total. The van der Waals surface area contributed by atoms with Crippen LogP contribution in [-0.4, -0.2) is 49.7 Å². The molecule has 0 saturated heterocycles. The van der Waals surface area contributed by atoms with Crippen LogP contribution in [0, 0.1) is 6.92 Å². The summed E-state index contributed by atoms with van der Waals surface area (Å²) in [6.45, 7) is 2.38. The van der Waals surface area contributed by atoms with E-state index in [1.54, 1.807) is 22.7 Å². The van der Waals surface area contributed by atoms with Crippen LogP contribution in [0.25, 0.3) is 17.0 Å². The van der Waals surface area contributed by atoms with Gasteiger partial charge in [-0.3, -0.25) is 9.20 Å². The van der Waals surface area contributed by atoms with Crippen LogP contribution in [0.2, 0.25) is 0 Å². The van der Waals surface area contributed by atoms with Crippen molar-refractivity contribution in [2.75, 3.05) is 18.5 Å². The number of nitrogens with one attached hydrogen (secondary N) is 1. The lowest BCUT2D eigenvalue weighted by atomic mass is 9.81. The van der Waals surface area contributed by atoms with Gasteiger partial charge in [0.25, 0.3) is 5.91 Å². The molecule has 1 saturated carbocycles.